The second kappa shape index (κ2) is 9.94. The summed E-state index contributed by atoms with van der Waals surface area (Å²) in [6.07, 6.45) is 0.928. The molecule has 0 spiro atoms. The minimum Gasteiger partial charge on any atom is -0.493 e. The molecule has 7 heteroatoms. The number of hydrogen-bond acceptors (Lipinski definition) is 6. The fourth-order valence-corrected chi connectivity index (χ4v) is 5.13. The third-order valence-electron chi connectivity index (χ3n) is 6.42. The molecular weight excluding hydrogens is 454 g/mol. The number of ether oxygens (including phenoxy) is 3. The third-order valence-corrected chi connectivity index (χ3v) is 6.76. The van der Waals surface area contributed by atoms with Crippen molar-refractivity contribution >= 4 is 23.4 Å². The van der Waals surface area contributed by atoms with Crippen LogP contribution in [-0.2, 0) is 14.3 Å². The number of nitrogens with one attached hydrogen (secondary N) is 1. The molecule has 1 aliphatic carbocycles. The number of ketones is 1. The van der Waals surface area contributed by atoms with Gasteiger partial charge in [0.1, 0.15) is 0 Å². The van der Waals surface area contributed by atoms with E-state index in [1.165, 1.54) is 0 Å². The van der Waals surface area contributed by atoms with E-state index in [1.54, 1.807) is 27.2 Å². The number of Topliss-reactive ketones (excluding diaryl/α,β-unsaturated/α-hetero) is 1. The molecule has 1 N–H and O–H groups in total. The molecule has 0 bridgehead atoms. The van der Waals surface area contributed by atoms with Crippen molar-refractivity contribution < 1.29 is 23.8 Å². The molecule has 2 aromatic rings. The number of rotatable bonds is 6. The van der Waals surface area contributed by atoms with Crippen LogP contribution in [0.5, 0.6) is 11.5 Å². The van der Waals surface area contributed by atoms with Gasteiger partial charge in [0.15, 0.2) is 17.3 Å². The zero-order valence-electron chi connectivity index (χ0n) is 19.7. The Balaban J connectivity index is 1.79. The molecule has 178 valence electrons. The van der Waals surface area contributed by atoms with Gasteiger partial charge in [-0.05, 0) is 55.5 Å². The Morgan fingerprint density at radius 2 is 1.82 bits per heavy atom. The van der Waals surface area contributed by atoms with Gasteiger partial charge in [0, 0.05) is 34.3 Å². The smallest absolute Gasteiger partial charge is 0.336 e. The van der Waals surface area contributed by atoms with Gasteiger partial charge in [0.25, 0.3) is 0 Å². The Morgan fingerprint density at radius 3 is 2.50 bits per heavy atom. The van der Waals surface area contributed by atoms with Crippen LogP contribution >= 0.6 is 11.6 Å². The van der Waals surface area contributed by atoms with Crippen molar-refractivity contribution in [2.24, 2.45) is 0 Å². The topological polar surface area (TPSA) is 73.9 Å². The summed E-state index contributed by atoms with van der Waals surface area (Å²) in [5.74, 6) is 0.177. The lowest BCUT2D eigenvalue weighted by molar-refractivity contribution is -0.138. The molecule has 2 atom stereocenters. The van der Waals surface area contributed by atoms with Crippen molar-refractivity contribution in [1.29, 1.82) is 0 Å². The van der Waals surface area contributed by atoms with Crippen molar-refractivity contribution in [2.45, 2.75) is 38.5 Å². The normalized spacial score (nSPS) is 20.0. The Kier molecular flexibility index (Phi) is 6.98. The summed E-state index contributed by atoms with van der Waals surface area (Å²) in [6, 6.07) is 13.1. The average molecular weight is 482 g/mol. The van der Waals surface area contributed by atoms with E-state index in [2.05, 4.69) is 5.32 Å². The maximum Gasteiger partial charge on any atom is 0.336 e. The maximum atomic E-state index is 13.6. The zero-order chi connectivity index (χ0) is 24.4. The standard InChI is InChI=1S/C27H28ClNO5/c1-5-34-27(31)24-15(2)29-20-12-17(16-10-11-22(32-3)23(14-16)33-4)13-21(30)26(20)25(24)18-8-6-7-9-19(18)28/h6-11,14,17,25,29H,5,12-13H2,1-4H3/t17-,25-/m1/s1. The number of carbonyl (C=O) groups excluding carboxylic acids is 2. The highest BCUT2D eigenvalue weighted by Gasteiger charge is 2.42. The molecule has 0 saturated carbocycles. The number of carbonyl (C=O) groups is 2. The number of esters is 1. The summed E-state index contributed by atoms with van der Waals surface area (Å²) in [4.78, 5) is 26.6. The minimum absolute atomic E-state index is 0.0206. The van der Waals surface area contributed by atoms with Crippen molar-refractivity contribution in [1.82, 2.24) is 5.32 Å². The van der Waals surface area contributed by atoms with Gasteiger partial charge in [0.05, 0.1) is 26.4 Å². The lowest BCUT2D eigenvalue weighted by atomic mass is 9.71. The van der Waals surface area contributed by atoms with Crippen LogP contribution in [0.15, 0.2) is 65.0 Å². The second-order valence-corrected chi connectivity index (χ2v) is 8.78. The van der Waals surface area contributed by atoms with Crippen molar-refractivity contribution in [3.63, 3.8) is 0 Å². The first-order valence-electron chi connectivity index (χ1n) is 11.3. The molecule has 1 heterocycles. The Labute approximate surface area is 204 Å². The van der Waals surface area contributed by atoms with E-state index in [-0.39, 0.29) is 18.3 Å². The van der Waals surface area contributed by atoms with Crippen LogP contribution in [0.4, 0.5) is 0 Å². The van der Waals surface area contributed by atoms with Gasteiger partial charge in [-0.2, -0.15) is 0 Å². The van der Waals surface area contributed by atoms with Crippen LogP contribution in [0.2, 0.25) is 5.02 Å². The summed E-state index contributed by atoms with van der Waals surface area (Å²) in [7, 11) is 3.19. The molecule has 2 aromatic carbocycles. The molecule has 0 saturated heterocycles. The fraction of sp³-hybridized carbons (Fsp3) is 0.333. The predicted molar refractivity (Wildman–Crippen MR) is 130 cm³/mol. The van der Waals surface area contributed by atoms with E-state index in [0.717, 1.165) is 16.8 Å². The van der Waals surface area contributed by atoms with E-state index in [0.29, 0.717) is 46.2 Å². The molecule has 6 nitrogen and oxygen atoms in total. The summed E-state index contributed by atoms with van der Waals surface area (Å²) in [5, 5.41) is 3.85. The maximum absolute atomic E-state index is 13.6. The first kappa shape index (κ1) is 23.9. The predicted octanol–water partition coefficient (Wildman–Crippen LogP) is 5.28. The first-order valence-corrected chi connectivity index (χ1v) is 11.6. The van der Waals surface area contributed by atoms with Gasteiger partial charge in [-0.3, -0.25) is 4.79 Å². The zero-order valence-corrected chi connectivity index (χ0v) is 20.5. The summed E-state index contributed by atoms with van der Waals surface area (Å²) in [5.41, 5.74) is 4.20. The monoisotopic (exact) mass is 481 g/mol. The van der Waals surface area contributed by atoms with Crippen LogP contribution in [-0.4, -0.2) is 32.6 Å². The molecule has 2 aliphatic rings. The Morgan fingerprint density at radius 1 is 1.09 bits per heavy atom. The highest BCUT2D eigenvalue weighted by Crippen LogP contribution is 2.47. The van der Waals surface area contributed by atoms with Gasteiger partial charge in [-0.1, -0.05) is 35.9 Å². The van der Waals surface area contributed by atoms with Crippen LogP contribution < -0.4 is 14.8 Å². The van der Waals surface area contributed by atoms with Crippen molar-refractivity contribution in [2.75, 3.05) is 20.8 Å². The lowest BCUT2D eigenvalue weighted by Crippen LogP contribution is -2.36. The molecule has 4 rings (SSSR count). The number of hydrogen-bond donors (Lipinski definition) is 1. The lowest BCUT2D eigenvalue weighted by Gasteiger charge is -2.37. The highest BCUT2D eigenvalue weighted by atomic mass is 35.5. The minimum atomic E-state index is -0.581. The molecule has 0 amide bonds. The number of dihydropyridines is 1. The molecule has 0 radical (unpaired) electrons. The number of benzene rings is 2. The quantitative estimate of drug-likeness (QED) is 0.566. The fourth-order valence-electron chi connectivity index (χ4n) is 4.88. The van der Waals surface area contributed by atoms with Crippen molar-refractivity contribution in [3.8, 4) is 11.5 Å². The highest BCUT2D eigenvalue weighted by molar-refractivity contribution is 6.31. The van der Waals surface area contributed by atoms with Gasteiger partial charge < -0.3 is 19.5 Å². The molecule has 0 fully saturated rings. The van der Waals surface area contributed by atoms with E-state index >= 15 is 0 Å². The number of halogens is 1. The summed E-state index contributed by atoms with van der Waals surface area (Å²) in [6.45, 7) is 3.84. The Hall–Kier alpha value is -3.25. The number of methoxy groups -OCH3 is 2. The summed E-state index contributed by atoms with van der Waals surface area (Å²) < 4.78 is 16.2. The third kappa shape index (κ3) is 4.30. The van der Waals surface area contributed by atoms with Crippen LogP contribution in [0, 0.1) is 0 Å². The van der Waals surface area contributed by atoms with Gasteiger partial charge >= 0.3 is 5.97 Å². The van der Waals surface area contributed by atoms with Crippen molar-refractivity contribution in [3.05, 3.63) is 81.2 Å². The van der Waals surface area contributed by atoms with E-state index in [9.17, 15) is 9.59 Å². The SMILES string of the molecule is CCOC(=O)C1=C(C)NC2=C(C(=O)C[C@H](c3ccc(OC)c(OC)c3)C2)[C@@H]1c1ccccc1Cl. The van der Waals surface area contributed by atoms with Gasteiger partial charge in [-0.25, -0.2) is 4.79 Å². The van der Waals surface area contributed by atoms with E-state index < -0.39 is 11.9 Å². The molecular formula is C27H28ClNO5. The second-order valence-electron chi connectivity index (χ2n) is 8.37. The molecule has 0 aromatic heterocycles. The van der Waals surface area contributed by atoms with Gasteiger partial charge in [-0.15, -0.1) is 0 Å². The summed E-state index contributed by atoms with van der Waals surface area (Å²) >= 11 is 6.56. The largest absolute Gasteiger partial charge is 0.493 e. The average Bonchev–Trinajstić information content (AvgIpc) is 2.83. The van der Waals surface area contributed by atoms with Crippen LogP contribution in [0.3, 0.4) is 0 Å². The van der Waals surface area contributed by atoms with E-state index in [4.69, 9.17) is 25.8 Å². The van der Waals surface area contributed by atoms with Gasteiger partial charge in [0.2, 0.25) is 0 Å². The number of allylic oxidation sites excluding steroid dienone is 3. The molecule has 1 aliphatic heterocycles. The molecule has 34 heavy (non-hydrogen) atoms. The van der Waals surface area contributed by atoms with E-state index in [1.807, 2.05) is 43.3 Å². The van der Waals surface area contributed by atoms with Crippen LogP contribution in [0.25, 0.3) is 0 Å². The molecule has 0 unspecified atom stereocenters. The Bertz CT molecular complexity index is 1200. The van der Waals surface area contributed by atoms with Crippen LogP contribution in [0.1, 0.15) is 49.7 Å². The first-order chi connectivity index (χ1) is 16.4.